The van der Waals surface area contributed by atoms with Crippen molar-refractivity contribution in [1.29, 1.82) is 0 Å². The second kappa shape index (κ2) is 5.60. The van der Waals surface area contributed by atoms with E-state index in [4.69, 9.17) is 0 Å². The molecular formula is C19H17NO2. The van der Waals surface area contributed by atoms with E-state index in [1.165, 1.54) is 0 Å². The smallest absolute Gasteiger partial charge is 0.251 e. The summed E-state index contributed by atoms with van der Waals surface area (Å²) in [4.78, 5) is 27.4. The summed E-state index contributed by atoms with van der Waals surface area (Å²) in [6, 6.07) is 15.1. The van der Waals surface area contributed by atoms with Crippen LogP contribution in [0.5, 0.6) is 0 Å². The van der Waals surface area contributed by atoms with Crippen LogP contribution in [0.3, 0.4) is 0 Å². The minimum Gasteiger partial charge on any atom is -0.322 e. The number of carbonyl (C=O) groups is 1. The highest BCUT2D eigenvalue weighted by molar-refractivity contribution is 6.00. The van der Waals surface area contributed by atoms with Crippen molar-refractivity contribution in [2.75, 3.05) is 0 Å². The fraction of sp³-hybridized carbons (Fsp3) is 0.158. The summed E-state index contributed by atoms with van der Waals surface area (Å²) in [6.45, 7) is 3.76. The van der Waals surface area contributed by atoms with E-state index in [0.29, 0.717) is 11.1 Å². The Labute approximate surface area is 128 Å². The van der Waals surface area contributed by atoms with E-state index < -0.39 is 0 Å². The van der Waals surface area contributed by atoms with Crippen molar-refractivity contribution in [1.82, 2.24) is 4.98 Å². The molecule has 0 amide bonds. The minimum absolute atomic E-state index is 0.0267. The third-order valence-corrected chi connectivity index (χ3v) is 4.00. The molecule has 1 N–H and O–H groups in total. The summed E-state index contributed by atoms with van der Waals surface area (Å²) in [5.74, 6) is 0.0267. The first-order chi connectivity index (χ1) is 10.6. The van der Waals surface area contributed by atoms with Gasteiger partial charge in [-0.05, 0) is 25.5 Å². The van der Waals surface area contributed by atoms with Crippen LogP contribution in [0, 0.1) is 13.8 Å². The number of aromatic nitrogens is 1. The SMILES string of the molecule is Cc1ccc(C(=O)Cc2c(C)c(=O)[nH]c3ccccc23)cc1. The van der Waals surface area contributed by atoms with Crippen LogP contribution in [0.2, 0.25) is 0 Å². The van der Waals surface area contributed by atoms with E-state index in [0.717, 1.165) is 22.0 Å². The molecule has 0 spiro atoms. The molecule has 3 aromatic rings. The molecule has 3 nitrogen and oxygen atoms in total. The topological polar surface area (TPSA) is 49.9 Å². The van der Waals surface area contributed by atoms with Gasteiger partial charge in [-0.15, -0.1) is 0 Å². The monoisotopic (exact) mass is 291 g/mol. The summed E-state index contributed by atoms with van der Waals surface area (Å²) < 4.78 is 0. The van der Waals surface area contributed by atoms with Crippen molar-refractivity contribution in [2.24, 2.45) is 0 Å². The molecule has 0 unspecified atom stereocenters. The number of para-hydroxylation sites is 1. The Morgan fingerprint density at radius 1 is 1.00 bits per heavy atom. The van der Waals surface area contributed by atoms with E-state index in [9.17, 15) is 9.59 Å². The predicted molar refractivity (Wildman–Crippen MR) is 88.5 cm³/mol. The van der Waals surface area contributed by atoms with Gasteiger partial charge in [0.15, 0.2) is 5.78 Å². The van der Waals surface area contributed by atoms with Gasteiger partial charge < -0.3 is 4.98 Å². The maximum atomic E-state index is 12.5. The molecule has 0 saturated heterocycles. The number of hydrogen-bond acceptors (Lipinski definition) is 2. The number of Topliss-reactive ketones (excluding diaryl/α,β-unsaturated/α-hetero) is 1. The molecule has 1 aromatic heterocycles. The molecule has 0 radical (unpaired) electrons. The molecule has 3 heteroatoms. The Morgan fingerprint density at radius 2 is 1.68 bits per heavy atom. The summed E-state index contributed by atoms with van der Waals surface area (Å²) in [7, 11) is 0. The first-order valence-corrected chi connectivity index (χ1v) is 7.26. The number of nitrogens with one attached hydrogen (secondary N) is 1. The lowest BCUT2D eigenvalue weighted by Crippen LogP contribution is -2.15. The quantitative estimate of drug-likeness (QED) is 0.750. The second-order valence-corrected chi connectivity index (χ2v) is 5.57. The molecule has 1 heterocycles. The lowest BCUT2D eigenvalue weighted by molar-refractivity contribution is 0.0993. The van der Waals surface area contributed by atoms with Gasteiger partial charge in [0.25, 0.3) is 5.56 Å². The van der Waals surface area contributed by atoms with Gasteiger partial charge in [-0.2, -0.15) is 0 Å². The largest absolute Gasteiger partial charge is 0.322 e. The number of H-pyrrole nitrogens is 1. The summed E-state index contributed by atoms with van der Waals surface area (Å²) in [5.41, 5.74) is 3.85. The van der Waals surface area contributed by atoms with E-state index in [1.807, 2.05) is 55.5 Å². The number of fused-ring (bicyclic) bond motifs is 1. The van der Waals surface area contributed by atoms with Gasteiger partial charge in [-0.1, -0.05) is 48.0 Å². The third kappa shape index (κ3) is 2.58. The molecule has 3 rings (SSSR count). The highest BCUT2D eigenvalue weighted by Gasteiger charge is 2.14. The molecule has 0 aliphatic carbocycles. The fourth-order valence-corrected chi connectivity index (χ4v) is 2.64. The predicted octanol–water partition coefficient (Wildman–Crippen LogP) is 3.57. The molecule has 110 valence electrons. The number of carbonyl (C=O) groups excluding carboxylic acids is 1. The van der Waals surface area contributed by atoms with Gasteiger partial charge in [0, 0.05) is 28.5 Å². The van der Waals surface area contributed by atoms with Gasteiger partial charge in [0.05, 0.1) is 0 Å². The van der Waals surface area contributed by atoms with Crippen LogP contribution in [0.15, 0.2) is 53.3 Å². The molecule has 2 aromatic carbocycles. The van der Waals surface area contributed by atoms with E-state index >= 15 is 0 Å². The number of benzene rings is 2. The average Bonchev–Trinajstić information content (AvgIpc) is 2.52. The maximum absolute atomic E-state index is 12.5. The van der Waals surface area contributed by atoms with Crippen molar-refractivity contribution in [3.8, 4) is 0 Å². The van der Waals surface area contributed by atoms with Crippen LogP contribution in [0.25, 0.3) is 10.9 Å². The van der Waals surface area contributed by atoms with Crippen LogP contribution in [-0.2, 0) is 6.42 Å². The molecule has 22 heavy (non-hydrogen) atoms. The molecule has 0 aliphatic heterocycles. The van der Waals surface area contributed by atoms with Crippen molar-refractivity contribution < 1.29 is 4.79 Å². The van der Waals surface area contributed by atoms with Crippen molar-refractivity contribution in [2.45, 2.75) is 20.3 Å². The zero-order chi connectivity index (χ0) is 15.7. The van der Waals surface area contributed by atoms with Gasteiger partial charge in [0.1, 0.15) is 0 Å². The van der Waals surface area contributed by atoms with Crippen molar-refractivity contribution in [3.05, 3.63) is 81.1 Å². The number of rotatable bonds is 3. The van der Waals surface area contributed by atoms with Crippen LogP contribution in [0.1, 0.15) is 27.0 Å². The van der Waals surface area contributed by atoms with Gasteiger partial charge in [0.2, 0.25) is 0 Å². The van der Waals surface area contributed by atoms with Crippen LogP contribution in [-0.4, -0.2) is 10.8 Å². The van der Waals surface area contributed by atoms with E-state index in [1.54, 1.807) is 6.92 Å². The molecule has 0 bridgehead atoms. The van der Waals surface area contributed by atoms with E-state index in [-0.39, 0.29) is 17.8 Å². The first kappa shape index (κ1) is 14.3. The molecular weight excluding hydrogens is 274 g/mol. The Kier molecular flexibility index (Phi) is 3.63. The Hall–Kier alpha value is -2.68. The number of ketones is 1. The fourth-order valence-electron chi connectivity index (χ4n) is 2.64. The lowest BCUT2D eigenvalue weighted by atomic mass is 9.96. The maximum Gasteiger partial charge on any atom is 0.251 e. The molecule has 0 atom stereocenters. The van der Waals surface area contributed by atoms with Crippen LogP contribution >= 0.6 is 0 Å². The van der Waals surface area contributed by atoms with Gasteiger partial charge >= 0.3 is 0 Å². The second-order valence-electron chi connectivity index (χ2n) is 5.57. The molecule has 0 aliphatic rings. The highest BCUT2D eigenvalue weighted by Crippen LogP contribution is 2.20. The summed E-state index contributed by atoms with van der Waals surface area (Å²) in [5, 5.41) is 0.931. The number of hydrogen-bond donors (Lipinski definition) is 1. The standard InChI is InChI=1S/C19H17NO2/c1-12-7-9-14(10-8-12)18(21)11-16-13(2)19(22)20-17-6-4-3-5-15(16)17/h3-10H,11H2,1-2H3,(H,20,22). The number of aryl methyl sites for hydroxylation is 1. The average molecular weight is 291 g/mol. The Bertz CT molecular complexity index is 905. The van der Waals surface area contributed by atoms with Gasteiger partial charge in [-0.25, -0.2) is 0 Å². The Morgan fingerprint density at radius 3 is 2.41 bits per heavy atom. The normalized spacial score (nSPS) is 10.8. The molecule has 0 saturated carbocycles. The van der Waals surface area contributed by atoms with Crippen molar-refractivity contribution in [3.63, 3.8) is 0 Å². The first-order valence-electron chi connectivity index (χ1n) is 7.26. The van der Waals surface area contributed by atoms with Crippen LogP contribution in [0.4, 0.5) is 0 Å². The lowest BCUT2D eigenvalue weighted by Gasteiger charge is -2.09. The third-order valence-electron chi connectivity index (χ3n) is 4.00. The Balaban J connectivity index is 2.07. The number of pyridine rings is 1. The van der Waals surface area contributed by atoms with Crippen molar-refractivity contribution >= 4 is 16.7 Å². The summed E-state index contributed by atoms with van der Waals surface area (Å²) >= 11 is 0. The zero-order valence-electron chi connectivity index (χ0n) is 12.6. The van der Waals surface area contributed by atoms with Crippen LogP contribution < -0.4 is 5.56 Å². The minimum atomic E-state index is -0.134. The summed E-state index contributed by atoms with van der Waals surface area (Å²) in [6.07, 6.45) is 0.235. The molecule has 0 fully saturated rings. The van der Waals surface area contributed by atoms with Gasteiger partial charge in [-0.3, -0.25) is 9.59 Å². The zero-order valence-corrected chi connectivity index (χ0v) is 12.6. The number of aromatic amines is 1. The van der Waals surface area contributed by atoms with E-state index in [2.05, 4.69) is 4.98 Å². The highest BCUT2D eigenvalue weighted by atomic mass is 16.1.